The first-order valence-electron chi connectivity index (χ1n) is 6.91. The van der Waals surface area contributed by atoms with Crippen LogP contribution in [0.2, 0.25) is 0 Å². The molecule has 0 bridgehead atoms. The SMILES string of the molecule is CC(C)(C)[C@@H]1[C@@H]([N+](=O)[O-])[C@@H](c2ccccc2)N[C@H]1C(=O)O. The van der Waals surface area contributed by atoms with Crippen LogP contribution in [-0.2, 0) is 4.79 Å². The van der Waals surface area contributed by atoms with Gasteiger partial charge in [-0.3, -0.25) is 20.2 Å². The fourth-order valence-corrected chi connectivity index (χ4v) is 3.24. The van der Waals surface area contributed by atoms with E-state index in [1.165, 1.54) is 0 Å². The molecule has 6 heteroatoms. The number of nitrogens with zero attached hydrogens (tertiary/aromatic N) is 1. The smallest absolute Gasteiger partial charge is 0.321 e. The minimum absolute atomic E-state index is 0.344. The van der Waals surface area contributed by atoms with E-state index < -0.39 is 35.4 Å². The van der Waals surface area contributed by atoms with Crippen LogP contribution in [0, 0.1) is 21.4 Å². The average Bonchev–Trinajstić information content (AvgIpc) is 2.80. The van der Waals surface area contributed by atoms with Crippen LogP contribution in [0.15, 0.2) is 30.3 Å². The first-order chi connectivity index (χ1) is 9.73. The normalized spacial score (nSPS) is 29.3. The number of nitrogens with one attached hydrogen (secondary N) is 1. The number of benzene rings is 1. The Morgan fingerprint density at radius 3 is 2.29 bits per heavy atom. The lowest BCUT2D eigenvalue weighted by Gasteiger charge is -2.30. The summed E-state index contributed by atoms with van der Waals surface area (Å²) in [5.41, 5.74) is 0.259. The summed E-state index contributed by atoms with van der Waals surface area (Å²) in [6, 6.07) is 6.53. The second-order valence-corrected chi connectivity index (χ2v) is 6.54. The van der Waals surface area contributed by atoms with E-state index in [0.717, 1.165) is 5.56 Å². The zero-order valence-corrected chi connectivity index (χ0v) is 12.3. The van der Waals surface area contributed by atoms with E-state index in [1.807, 2.05) is 26.8 Å². The lowest BCUT2D eigenvalue weighted by Crippen LogP contribution is -2.44. The fraction of sp³-hybridized carbons (Fsp3) is 0.533. The van der Waals surface area contributed by atoms with Gasteiger partial charge in [-0.25, -0.2) is 0 Å². The van der Waals surface area contributed by atoms with Gasteiger partial charge in [-0.2, -0.15) is 0 Å². The molecule has 1 aliphatic heterocycles. The number of rotatable bonds is 3. The molecule has 0 radical (unpaired) electrons. The Bertz CT molecular complexity index is 538. The first kappa shape index (κ1) is 15.4. The predicted molar refractivity (Wildman–Crippen MR) is 77.5 cm³/mol. The standard InChI is InChI=1S/C15H20N2O4/c1-15(2,3)10-12(14(18)19)16-11(13(10)17(20)21)9-7-5-4-6-8-9/h4-8,10-13,16H,1-3H3,(H,18,19)/t10-,11+,12+,13+/m0/s1. The van der Waals surface area contributed by atoms with E-state index in [-0.39, 0.29) is 4.92 Å². The van der Waals surface area contributed by atoms with Crippen LogP contribution in [0.3, 0.4) is 0 Å². The number of hydrogen-bond donors (Lipinski definition) is 2. The molecule has 1 aromatic carbocycles. The van der Waals surface area contributed by atoms with E-state index in [9.17, 15) is 20.0 Å². The molecular weight excluding hydrogens is 272 g/mol. The van der Waals surface area contributed by atoms with E-state index in [4.69, 9.17) is 0 Å². The third kappa shape index (κ3) is 2.90. The highest BCUT2D eigenvalue weighted by molar-refractivity contribution is 5.75. The van der Waals surface area contributed by atoms with Crippen molar-refractivity contribution in [2.45, 2.75) is 38.9 Å². The maximum Gasteiger partial charge on any atom is 0.321 e. The van der Waals surface area contributed by atoms with E-state index in [0.29, 0.717) is 0 Å². The Hall–Kier alpha value is -1.95. The van der Waals surface area contributed by atoms with Crippen LogP contribution in [0.1, 0.15) is 32.4 Å². The molecule has 21 heavy (non-hydrogen) atoms. The molecule has 1 fully saturated rings. The zero-order valence-electron chi connectivity index (χ0n) is 12.3. The molecule has 2 N–H and O–H groups in total. The van der Waals surface area contributed by atoms with Gasteiger partial charge in [-0.1, -0.05) is 51.1 Å². The molecule has 6 nitrogen and oxygen atoms in total. The second-order valence-electron chi connectivity index (χ2n) is 6.54. The van der Waals surface area contributed by atoms with E-state index in [2.05, 4.69) is 5.32 Å². The molecule has 1 saturated heterocycles. The highest BCUT2D eigenvalue weighted by atomic mass is 16.6. The van der Waals surface area contributed by atoms with Crippen molar-refractivity contribution >= 4 is 5.97 Å². The van der Waals surface area contributed by atoms with Gasteiger partial charge in [0.05, 0.1) is 5.92 Å². The maximum atomic E-state index is 11.6. The van der Waals surface area contributed by atoms with Crippen molar-refractivity contribution in [3.8, 4) is 0 Å². The number of carboxylic acids is 1. The van der Waals surface area contributed by atoms with E-state index >= 15 is 0 Å². The summed E-state index contributed by atoms with van der Waals surface area (Å²) in [6.45, 7) is 5.54. The van der Waals surface area contributed by atoms with Gasteiger partial charge >= 0.3 is 5.97 Å². The summed E-state index contributed by atoms with van der Waals surface area (Å²) in [4.78, 5) is 22.8. The van der Waals surface area contributed by atoms with Gasteiger partial charge in [0.25, 0.3) is 0 Å². The Labute approximate surface area is 123 Å². The number of hydrogen-bond acceptors (Lipinski definition) is 4. The van der Waals surface area contributed by atoms with Crippen molar-refractivity contribution in [3.63, 3.8) is 0 Å². The third-order valence-electron chi connectivity index (χ3n) is 4.10. The largest absolute Gasteiger partial charge is 0.480 e. The Morgan fingerprint density at radius 1 is 1.29 bits per heavy atom. The quantitative estimate of drug-likeness (QED) is 0.657. The molecule has 0 saturated carbocycles. The Morgan fingerprint density at radius 2 is 1.86 bits per heavy atom. The minimum Gasteiger partial charge on any atom is -0.480 e. The van der Waals surface area contributed by atoms with Gasteiger partial charge in [0.15, 0.2) is 0 Å². The summed E-state index contributed by atoms with van der Waals surface area (Å²) in [6.07, 6.45) is 0. The number of nitro groups is 1. The molecule has 2 rings (SSSR count). The highest BCUT2D eigenvalue weighted by Crippen LogP contribution is 2.43. The Balaban J connectivity index is 2.48. The van der Waals surface area contributed by atoms with Crippen LogP contribution >= 0.6 is 0 Å². The van der Waals surface area contributed by atoms with Gasteiger partial charge in [0.2, 0.25) is 6.04 Å². The number of carboxylic acid groups (broad SMARTS) is 1. The van der Waals surface area contributed by atoms with Crippen LogP contribution in [0.5, 0.6) is 0 Å². The molecule has 114 valence electrons. The molecule has 0 aliphatic carbocycles. The van der Waals surface area contributed by atoms with Gasteiger partial charge in [0, 0.05) is 4.92 Å². The van der Waals surface area contributed by atoms with Gasteiger partial charge < -0.3 is 5.11 Å². The first-order valence-corrected chi connectivity index (χ1v) is 6.91. The number of aliphatic carboxylic acids is 1. The summed E-state index contributed by atoms with van der Waals surface area (Å²) in [5, 5.41) is 24.0. The molecule has 0 unspecified atom stereocenters. The third-order valence-corrected chi connectivity index (χ3v) is 4.10. The van der Waals surface area contributed by atoms with Crippen molar-refractivity contribution < 1.29 is 14.8 Å². The van der Waals surface area contributed by atoms with Crippen molar-refractivity contribution in [1.29, 1.82) is 0 Å². The fourth-order valence-electron chi connectivity index (χ4n) is 3.24. The summed E-state index contributed by atoms with van der Waals surface area (Å²) in [5.74, 6) is -1.63. The lowest BCUT2D eigenvalue weighted by atomic mass is 9.73. The molecule has 1 heterocycles. The molecule has 1 aromatic rings. The lowest BCUT2D eigenvalue weighted by molar-refractivity contribution is -0.535. The van der Waals surface area contributed by atoms with Crippen LogP contribution < -0.4 is 5.32 Å². The van der Waals surface area contributed by atoms with Crippen molar-refractivity contribution in [3.05, 3.63) is 46.0 Å². The molecular formula is C15H20N2O4. The Kier molecular flexibility index (Phi) is 4.00. The maximum absolute atomic E-state index is 11.6. The molecule has 0 aromatic heterocycles. The van der Waals surface area contributed by atoms with Crippen molar-refractivity contribution in [2.24, 2.45) is 11.3 Å². The zero-order chi connectivity index (χ0) is 15.8. The molecule has 1 aliphatic rings. The monoisotopic (exact) mass is 292 g/mol. The average molecular weight is 292 g/mol. The van der Waals surface area contributed by atoms with Crippen molar-refractivity contribution in [2.75, 3.05) is 0 Å². The molecule has 0 amide bonds. The van der Waals surface area contributed by atoms with Crippen LogP contribution in [0.25, 0.3) is 0 Å². The van der Waals surface area contributed by atoms with Crippen LogP contribution in [-0.4, -0.2) is 28.1 Å². The summed E-state index contributed by atoms with van der Waals surface area (Å²) in [7, 11) is 0. The van der Waals surface area contributed by atoms with Gasteiger partial charge in [0.1, 0.15) is 12.1 Å². The second kappa shape index (κ2) is 5.44. The predicted octanol–water partition coefficient (Wildman–Crippen LogP) is 2.09. The summed E-state index contributed by atoms with van der Waals surface area (Å²) >= 11 is 0. The van der Waals surface area contributed by atoms with Crippen LogP contribution in [0.4, 0.5) is 0 Å². The van der Waals surface area contributed by atoms with E-state index in [1.54, 1.807) is 24.3 Å². The topological polar surface area (TPSA) is 92.5 Å². The molecule has 4 atom stereocenters. The van der Waals surface area contributed by atoms with Crippen molar-refractivity contribution in [1.82, 2.24) is 5.32 Å². The minimum atomic E-state index is -1.04. The van der Waals surface area contributed by atoms with Gasteiger partial charge in [-0.05, 0) is 11.0 Å². The summed E-state index contributed by atoms with van der Waals surface area (Å²) < 4.78 is 0. The number of carbonyl (C=O) groups is 1. The van der Waals surface area contributed by atoms with Gasteiger partial charge in [-0.15, -0.1) is 0 Å². The molecule has 0 spiro atoms. The highest BCUT2D eigenvalue weighted by Gasteiger charge is 2.57.